The van der Waals surface area contributed by atoms with Gasteiger partial charge < -0.3 is 15.7 Å². The Bertz CT molecular complexity index is 239. The molecule has 14 heavy (non-hydrogen) atoms. The molecule has 0 bridgehead atoms. The summed E-state index contributed by atoms with van der Waals surface area (Å²) in [5.41, 5.74) is 0. The van der Waals surface area contributed by atoms with E-state index in [1.165, 1.54) is 0 Å². The van der Waals surface area contributed by atoms with Crippen LogP contribution in [0.4, 0.5) is 0 Å². The van der Waals surface area contributed by atoms with E-state index >= 15 is 0 Å². The Labute approximate surface area is 89.1 Å². The van der Waals surface area contributed by atoms with Gasteiger partial charge >= 0.3 is 5.97 Å². The highest BCUT2D eigenvalue weighted by molar-refractivity contribution is 7.80. The number of hydrogen-bond acceptors (Lipinski definition) is 2. The van der Waals surface area contributed by atoms with Crippen LogP contribution in [0.3, 0.4) is 0 Å². The highest BCUT2D eigenvalue weighted by Gasteiger charge is 2.25. The molecule has 1 aliphatic carbocycles. The van der Waals surface area contributed by atoms with Gasteiger partial charge in [0.05, 0.1) is 0 Å². The zero-order valence-electron chi connectivity index (χ0n) is 8.41. The molecule has 0 aromatic heterocycles. The standard InChI is InChI=1S/C9H16N2O2S/c1-5(2)7(8(12)13)11-9(14)10-6-3-4-6/h5-7H,3-4H2,1-2H3,(H,12,13)(H2,10,11,14). The molecule has 4 nitrogen and oxygen atoms in total. The van der Waals surface area contributed by atoms with Gasteiger partial charge in [0, 0.05) is 6.04 Å². The first-order chi connectivity index (χ1) is 6.50. The van der Waals surface area contributed by atoms with Gasteiger partial charge in [0.25, 0.3) is 0 Å². The summed E-state index contributed by atoms with van der Waals surface area (Å²) in [5, 5.41) is 15.2. The second-order valence-corrected chi connectivity index (χ2v) is 4.36. The molecule has 0 saturated heterocycles. The quantitative estimate of drug-likeness (QED) is 0.605. The number of aliphatic carboxylic acids is 1. The molecule has 0 aromatic rings. The van der Waals surface area contributed by atoms with Gasteiger partial charge in [-0.1, -0.05) is 13.8 Å². The monoisotopic (exact) mass is 216 g/mol. The van der Waals surface area contributed by atoms with Crippen molar-refractivity contribution in [1.82, 2.24) is 10.6 Å². The Morgan fingerprint density at radius 2 is 2.07 bits per heavy atom. The molecule has 5 heteroatoms. The van der Waals surface area contributed by atoms with Gasteiger partial charge in [-0.2, -0.15) is 0 Å². The van der Waals surface area contributed by atoms with Crippen LogP contribution in [0.5, 0.6) is 0 Å². The molecule has 1 aliphatic rings. The fourth-order valence-corrected chi connectivity index (χ4v) is 1.40. The topological polar surface area (TPSA) is 61.4 Å². The molecule has 1 atom stereocenters. The normalized spacial score (nSPS) is 17.6. The molecule has 0 aliphatic heterocycles. The zero-order valence-corrected chi connectivity index (χ0v) is 9.23. The lowest BCUT2D eigenvalue weighted by atomic mass is 10.1. The van der Waals surface area contributed by atoms with Crippen molar-refractivity contribution >= 4 is 23.3 Å². The van der Waals surface area contributed by atoms with Crippen LogP contribution in [0.2, 0.25) is 0 Å². The summed E-state index contributed by atoms with van der Waals surface area (Å²) in [6.45, 7) is 3.71. The number of rotatable bonds is 4. The molecule has 0 heterocycles. The number of nitrogens with one attached hydrogen (secondary N) is 2. The van der Waals surface area contributed by atoms with Crippen LogP contribution < -0.4 is 10.6 Å². The lowest BCUT2D eigenvalue weighted by Gasteiger charge is -2.19. The van der Waals surface area contributed by atoms with Crippen LogP contribution in [0.1, 0.15) is 26.7 Å². The molecule has 0 aromatic carbocycles. The van der Waals surface area contributed by atoms with Crippen LogP contribution in [0.15, 0.2) is 0 Å². The predicted molar refractivity (Wildman–Crippen MR) is 58.2 cm³/mol. The summed E-state index contributed by atoms with van der Waals surface area (Å²) in [7, 11) is 0. The smallest absolute Gasteiger partial charge is 0.326 e. The number of hydrogen-bond donors (Lipinski definition) is 3. The molecule has 1 rings (SSSR count). The van der Waals surface area contributed by atoms with Crippen LogP contribution in [0.25, 0.3) is 0 Å². The molecular weight excluding hydrogens is 200 g/mol. The largest absolute Gasteiger partial charge is 0.480 e. The lowest BCUT2D eigenvalue weighted by Crippen LogP contribution is -2.48. The van der Waals surface area contributed by atoms with Gasteiger partial charge in [-0.3, -0.25) is 0 Å². The van der Waals surface area contributed by atoms with Crippen molar-refractivity contribution in [3.05, 3.63) is 0 Å². The van der Waals surface area contributed by atoms with E-state index in [-0.39, 0.29) is 5.92 Å². The van der Waals surface area contributed by atoms with Crippen LogP contribution in [0, 0.1) is 5.92 Å². The third-order valence-electron chi connectivity index (χ3n) is 2.13. The molecule has 80 valence electrons. The van der Waals surface area contributed by atoms with Gasteiger partial charge in [0.15, 0.2) is 5.11 Å². The van der Waals surface area contributed by atoms with E-state index in [1.807, 2.05) is 13.8 Å². The van der Waals surface area contributed by atoms with Crippen molar-refractivity contribution < 1.29 is 9.90 Å². The van der Waals surface area contributed by atoms with Gasteiger partial charge in [0.2, 0.25) is 0 Å². The third-order valence-corrected chi connectivity index (χ3v) is 2.37. The molecule has 0 radical (unpaired) electrons. The molecule has 0 spiro atoms. The highest BCUT2D eigenvalue weighted by atomic mass is 32.1. The first-order valence-electron chi connectivity index (χ1n) is 4.80. The molecule has 1 saturated carbocycles. The SMILES string of the molecule is CC(C)C(NC(=S)NC1CC1)C(=O)O. The molecule has 1 unspecified atom stereocenters. The number of carboxylic acid groups (broad SMARTS) is 1. The van der Waals surface area contributed by atoms with E-state index in [9.17, 15) is 4.79 Å². The third kappa shape index (κ3) is 3.49. The molecular formula is C9H16N2O2S. The first-order valence-corrected chi connectivity index (χ1v) is 5.21. The Morgan fingerprint density at radius 3 is 2.43 bits per heavy atom. The van der Waals surface area contributed by atoms with Crippen LogP contribution >= 0.6 is 12.2 Å². The van der Waals surface area contributed by atoms with Gasteiger partial charge in [-0.05, 0) is 31.0 Å². The summed E-state index contributed by atoms with van der Waals surface area (Å²) >= 11 is 5.00. The van der Waals surface area contributed by atoms with Crippen molar-refractivity contribution in [3.8, 4) is 0 Å². The van der Waals surface area contributed by atoms with Crippen LogP contribution in [-0.4, -0.2) is 28.3 Å². The second-order valence-electron chi connectivity index (χ2n) is 3.95. The highest BCUT2D eigenvalue weighted by Crippen LogP contribution is 2.18. The number of carbonyl (C=O) groups is 1. The van der Waals surface area contributed by atoms with Crippen LogP contribution in [-0.2, 0) is 4.79 Å². The Balaban J connectivity index is 2.37. The fourth-order valence-electron chi connectivity index (χ4n) is 1.11. The fraction of sp³-hybridized carbons (Fsp3) is 0.778. The maximum absolute atomic E-state index is 10.8. The minimum Gasteiger partial charge on any atom is -0.480 e. The molecule has 1 fully saturated rings. The van der Waals surface area contributed by atoms with E-state index in [4.69, 9.17) is 17.3 Å². The Hall–Kier alpha value is -0.840. The first kappa shape index (κ1) is 11.2. The zero-order chi connectivity index (χ0) is 10.7. The van der Waals surface area contributed by atoms with Crippen molar-refractivity contribution in [2.45, 2.75) is 38.8 Å². The molecule has 0 amide bonds. The minimum absolute atomic E-state index is 0.0199. The second kappa shape index (κ2) is 4.59. The van der Waals surface area contributed by atoms with E-state index < -0.39 is 12.0 Å². The Morgan fingerprint density at radius 1 is 1.50 bits per heavy atom. The summed E-state index contributed by atoms with van der Waals surface area (Å²) in [6.07, 6.45) is 2.25. The van der Waals surface area contributed by atoms with E-state index in [2.05, 4.69) is 10.6 Å². The van der Waals surface area contributed by atoms with Crippen molar-refractivity contribution in [2.24, 2.45) is 5.92 Å². The summed E-state index contributed by atoms with van der Waals surface area (Å²) in [5.74, 6) is -0.841. The summed E-state index contributed by atoms with van der Waals surface area (Å²) in [6, 6.07) is -0.148. The average Bonchev–Trinajstić information content (AvgIpc) is 2.82. The average molecular weight is 216 g/mol. The lowest BCUT2D eigenvalue weighted by molar-refractivity contribution is -0.140. The minimum atomic E-state index is -0.861. The summed E-state index contributed by atoms with van der Waals surface area (Å²) < 4.78 is 0. The number of carboxylic acids is 1. The van der Waals surface area contributed by atoms with Crippen molar-refractivity contribution in [1.29, 1.82) is 0 Å². The van der Waals surface area contributed by atoms with Crippen molar-refractivity contribution in [2.75, 3.05) is 0 Å². The van der Waals surface area contributed by atoms with E-state index in [1.54, 1.807) is 0 Å². The Kier molecular flexibility index (Phi) is 3.69. The van der Waals surface area contributed by atoms with Crippen molar-refractivity contribution in [3.63, 3.8) is 0 Å². The van der Waals surface area contributed by atoms with Gasteiger partial charge in [0.1, 0.15) is 6.04 Å². The number of thiocarbonyl (C=S) groups is 1. The molecule has 3 N–H and O–H groups in total. The van der Waals surface area contributed by atoms with Gasteiger partial charge in [-0.25, -0.2) is 4.79 Å². The van der Waals surface area contributed by atoms with E-state index in [0.29, 0.717) is 11.2 Å². The predicted octanol–water partition coefficient (Wildman–Crippen LogP) is 0.722. The maximum Gasteiger partial charge on any atom is 0.326 e. The van der Waals surface area contributed by atoms with E-state index in [0.717, 1.165) is 12.8 Å². The maximum atomic E-state index is 10.8. The summed E-state index contributed by atoms with van der Waals surface area (Å²) in [4.78, 5) is 10.8. The van der Waals surface area contributed by atoms with Gasteiger partial charge in [-0.15, -0.1) is 0 Å².